The second kappa shape index (κ2) is 6.51. The van der Waals surface area contributed by atoms with E-state index >= 15 is 0 Å². The fraction of sp³-hybridized carbons (Fsp3) is 0.250. The highest BCUT2D eigenvalue weighted by Gasteiger charge is 2.26. The average molecular weight is 333 g/mol. The van der Waals surface area contributed by atoms with Gasteiger partial charge in [0, 0.05) is 31.8 Å². The summed E-state index contributed by atoms with van der Waals surface area (Å²) in [6.45, 7) is 3.06. The smallest absolute Gasteiger partial charge is 0.255 e. The molecule has 0 saturated carbocycles. The molecule has 4 rings (SSSR count). The Labute approximate surface area is 146 Å². The van der Waals surface area contributed by atoms with Crippen LogP contribution in [0.15, 0.2) is 53.2 Å². The van der Waals surface area contributed by atoms with Crippen molar-refractivity contribution in [3.05, 3.63) is 82.8 Å². The number of hydrogen-bond donors (Lipinski definition) is 0. The van der Waals surface area contributed by atoms with Crippen molar-refractivity contribution in [3.63, 3.8) is 0 Å². The zero-order valence-electron chi connectivity index (χ0n) is 14.1. The summed E-state index contributed by atoms with van der Waals surface area (Å²) in [5.74, 6) is 1.61. The molecule has 5 nitrogen and oxygen atoms in total. The maximum atomic E-state index is 12.7. The van der Waals surface area contributed by atoms with E-state index < -0.39 is 0 Å². The number of nitrogens with zero attached hydrogens (tertiary/aromatic N) is 3. The summed E-state index contributed by atoms with van der Waals surface area (Å²) in [7, 11) is 0. The van der Waals surface area contributed by atoms with Gasteiger partial charge in [0.05, 0.1) is 12.1 Å². The monoisotopic (exact) mass is 333 g/mol. The third-order valence-electron chi connectivity index (χ3n) is 4.38. The first kappa shape index (κ1) is 15.6. The van der Waals surface area contributed by atoms with Gasteiger partial charge in [0.1, 0.15) is 11.5 Å². The predicted octanol–water partition coefficient (Wildman–Crippen LogP) is 3.17. The zero-order valence-corrected chi connectivity index (χ0v) is 14.1. The average Bonchev–Trinajstić information content (AvgIpc) is 3.03. The Morgan fingerprint density at radius 3 is 2.88 bits per heavy atom. The highest BCUT2D eigenvalue weighted by atomic mass is 16.4. The standard InChI is InChI=1S/C20H19N3O2/c1-14-9-16(12-21-11-14)20(24)23-8-7-18-17(13-23)22-19(25-18)10-15-5-3-2-4-6-15/h2-6,9,11-12H,7-8,10,13H2,1H3. The minimum Gasteiger partial charge on any atom is -0.445 e. The van der Waals surface area contributed by atoms with E-state index in [0.29, 0.717) is 37.4 Å². The molecule has 3 heterocycles. The number of hydrogen-bond acceptors (Lipinski definition) is 4. The summed E-state index contributed by atoms with van der Waals surface area (Å²) in [5.41, 5.74) is 3.64. The number of benzene rings is 1. The van der Waals surface area contributed by atoms with Crippen molar-refractivity contribution in [3.8, 4) is 0 Å². The van der Waals surface area contributed by atoms with Crippen LogP contribution in [-0.2, 0) is 19.4 Å². The molecule has 0 spiro atoms. The molecule has 1 aromatic carbocycles. The Hall–Kier alpha value is -2.95. The lowest BCUT2D eigenvalue weighted by Gasteiger charge is -2.25. The van der Waals surface area contributed by atoms with Gasteiger partial charge in [-0.3, -0.25) is 9.78 Å². The molecule has 0 N–H and O–H groups in total. The van der Waals surface area contributed by atoms with Crippen LogP contribution in [0.25, 0.3) is 0 Å². The Morgan fingerprint density at radius 1 is 1.24 bits per heavy atom. The highest BCUT2D eigenvalue weighted by molar-refractivity contribution is 5.94. The van der Waals surface area contributed by atoms with Crippen LogP contribution < -0.4 is 0 Å². The van der Waals surface area contributed by atoms with Crippen LogP contribution >= 0.6 is 0 Å². The number of amides is 1. The summed E-state index contributed by atoms with van der Waals surface area (Å²) in [4.78, 5) is 23.2. The molecule has 0 unspecified atom stereocenters. The van der Waals surface area contributed by atoms with Crippen LogP contribution in [0.4, 0.5) is 0 Å². The lowest BCUT2D eigenvalue weighted by molar-refractivity contribution is 0.0727. The maximum Gasteiger partial charge on any atom is 0.255 e. The largest absolute Gasteiger partial charge is 0.445 e. The van der Waals surface area contributed by atoms with E-state index in [-0.39, 0.29) is 5.91 Å². The zero-order chi connectivity index (χ0) is 17.2. The molecule has 126 valence electrons. The van der Waals surface area contributed by atoms with Crippen LogP contribution in [0.2, 0.25) is 0 Å². The first-order chi connectivity index (χ1) is 12.2. The van der Waals surface area contributed by atoms with E-state index in [1.54, 1.807) is 12.4 Å². The van der Waals surface area contributed by atoms with Crippen LogP contribution in [0, 0.1) is 6.92 Å². The van der Waals surface area contributed by atoms with Gasteiger partial charge < -0.3 is 9.32 Å². The molecule has 1 aliphatic heterocycles. The van der Waals surface area contributed by atoms with Crippen LogP contribution in [0.3, 0.4) is 0 Å². The number of rotatable bonds is 3. The molecular formula is C20H19N3O2. The second-order valence-electron chi connectivity index (χ2n) is 6.37. The first-order valence-electron chi connectivity index (χ1n) is 8.41. The Morgan fingerprint density at radius 2 is 2.08 bits per heavy atom. The molecular weight excluding hydrogens is 314 g/mol. The van der Waals surface area contributed by atoms with Gasteiger partial charge in [-0.2, -0.15) is 0 Å². The van der Waals surface area contributed by atoms with E-state index in [4.69, 9.17) is 4.42 Å². The number of aromatic nitrogens is 2. The third-order valence-corrected chi connectivity index (χ3v) is 4.38. The van der Waals surface area contributed by atoms with Crippen molar-refractivity contribution in [2.24, 2.45) is 0 Å². The van der Waals surface area contributed by atoms with Gasteiger partial charge in [0.15, 0.2) is 5.89 Å². The number of oxazole rings is 1. The minimum absolute atomic E-state index is 0.00513. The first-order valence-corrected chi connectivity index (χ1v) is 8.41. The normalized spacial score (nSPS) is 13.6. The topological polar surface area (TPSA) is 59.2 Å². The molecule has 0 fully saturated rings. The van der Waals surface area contributed by atoms with Crippen molar-refractivity contribution >= 4 is 5.91 Å². The number of carbonyl (C=O) groups is 1. The summed E-state index contributed by atoms with van der Waals surface area (Å²) >= 11 is 0. The molecule has 3 aromatic rings. The lowest BCUT2D eigenvalue weighted by atomic mass is 10.1. The predicted molar refractivity (Wildman–Crippen MR) is 93.2 cm³/mol. The van der Waals surface area contributed by atoms with Gasteiger partial charge >= 0.3 is 0 Å². The summed E-state index contributed by atoms with van der Waals surface area (Å²) in [6.07, 6.45) is 4.73. The molecule has 0 saturated heterocycles. The molecule has 0 bridgehead atoms. The van der Waals surface area contributed by atoms with Gasteiger partial charge in [-0.25, -0.2) is 4.98 Å². The molecule has 1 amide bonds. The highest BCUT2D eigenvalue weighted by Crippen LogP contribution is 2.22. The van der Waals surface area contributed by atoms with Crippen molar-refractivity contribution in [1.29, 1.82) is 0 Å². The molecule has 5 heteroatoms. The molecule has 0 aliphatic carbocycles. The Balaban J connectivity index is 1.50. The summed E-state index contributed by atoms with van der Waals surface area (Å²) < 4.78 is 5.90. The van der Waals surface area contributed by atoms with Gasteiger partial charge in [0.2, 0.25) is 0 Å². The molecule has 2 aromatic heterocycles. The minimum atomic E-state index is -0.00513. The SMILES string of the molecule is Cc1cncc(C(=O)N2CCc3oc(Cc4ccccc4)nc3C2)c1. The molecule has 1 aliphatic rings. The van der Waals surface area contributed by atoms with Gasteiger partial charge in [-0.05, 0) is 24.1 Å². The van der Waals surface area contributed by atoms with Crippen LogP contribution in [0.5, 0.6) is 0 Å². The van der Waals surface area contributed by atoms with Crippen molar-refractivity contribution in [2.45, 2.75) is 26.3 Å². The number of aryl methyl sites for hydroxylation is 1. The van der Waals surface area contributed by atoms with Crippen molar-refractivity contribution in [1.82, 2.24) is 14.9 Å². The second-order valence-corrected chi connectivity index (χ2v) is 6.37. The Kier molecular flexibility index (Phi) is 4.06. The van der Waals surface area contributed by atoms with E-state index in [0.717, 1.165) is 17.0 Å². The summed E-state index contributed by atoms with van der Waals surface area (Å²) in [5, 5.41) is 0. The van der Waals surface area contributed by atoms with Gasteiger partial charge in [-0.15, -0.1) is 0 Å². The molecule has 25 heavy (non-hydrogen) atoms. The maximum absolute atomic E-state index is 12.7. The fourth-order valence-electron chi connectivity index (χ4n) is 3.13. The van der Waals surface area contributed by atoms with E-state index in [1.807, 2.05) is 36.1 Å². The number of carbonyl (C=O) groups excluding carboxylic acids is 1. The van der Waals surface area contributed by atoms with Crippen LogP contribution in [0.1, 0.15) is 38.8 Å². The van der Waals surface area contributed by atoms with E-state index in [2.05, 4.69) is 22.1 Å². The number of pyridine rings is 1. The summed E-state index contributed by atoms with van der Waals surface area (Å²) in [6, 6.07) is 12.0. The fourth-order valence-corrected chi connectivity index (χ4v) is 3.13. The quantitative estimate of drug-likeness (QED) is 0.739. The molecule has 0 radical (unpaired) electrons. The van der Waals surface area contributed by atoms with Gasteiger partial charge in [0.25, 0.3) is 5.91 Å². The van der Waals surface area contributed by atoms with E-state index in [1.165, 1.54) is 5.56 Å². The van der Waals surface area contributed by atoms with E-state index in [9.17, 15) is 4.79 Å². The molecule has 0 atom stereocenters. The lowest BCUT2D eigenvalue weighted by Crippen LogP contribution is -2.35. The number of fused-ring (bicyclic) bond motifs is 1. The van der Waals surface area contributed by atoms with Crippen molar-refractivity contribution in [2.75, 3.05) is 6.54 Å². The van der Waals surface area contributed by atoms with Crippen molar-refractivity contribution < 1.29 is 9.21 Å². The van der Waals surface area contributed by atoms with Crippen LogP contribution in [-0.4, -0.2) is 27.3 Å². The third kappa shape index (κ3) is 3.31. The Bertz CT molecular complexity index is 902. The van der Waals surface area contributed by atoms with Gasteiger partial charge in [-0.1, -0.05) is 30.3 Å².